The number of aromatic nitrogens is 4. The molecule has 0 aliphatic carbocycles. The highest BCUT2D eigenvalue weighted by Crippen LogP contribution is 2.22. The van der Waals surface area contributed by atoms with Gasteiger partial charge in [0.1, 0.15) is 0 Å². The maximum absolute atomic E-state index is 5.59. The van der Waals surface area contributed by atoms with E-state index in [0.29, 0.717) is 18.3 Å². The Morgan fingerprint density at radius 1 is 1.21 bits per heavy atom. The molecule has 0 saturated heterocycles. The zero-order valence-electron chi connectivity index (χ0n) is 10.4. The topological polar surface area (TPSA) is 90.7 Å². The third-order valence-electron chi connectivity index (χ3n) is 2.95. The number of fused-ring (bicyclic) bond motifs is 1. The summed E-state index contributed by atoms with van der Waals surface area (Å²) < 4.78 is 5.26. The number of rotatable bonds is 3. The molecule has 2 aromatic heterocycles. The molecule has 0 fully saturated rings. The molecular formula is C13H13N5O. The Morgan fingerprint density at radius 3 is 2.79 bits per heavy atom. The molecule has 0 radical (unpaired) electrons. The van der Waals surface area contributed by atoms with Crippen molar-refractivity contribution >= 4 is 11.0 Å². The van der Waals surface area contributed by atoms with Gasteiger partial charge in [-0.1, -0.05) is 12.1 Å². The average Bonchev–Trinajstić information content (AvgIpc) is 2.95. The van der Waals surface area contributed by atoms with Gasteiger partial charge in [0.2, 0.25) is 0 Å². The molecule has 0 bridgehead atoms. The summed E-state index contributed by atoms with van der Waals surface area (Å²) in [6.07, 6.45) is 3.32. The van der Waals surface area contributed by atoms with E-state index in [4.69, 9.17) is 10.3 Å². The van der Waals surface area contributed by atoms with Gasteiger partial charge in [-0.2, -0.15) is 4.98 Å². The molecule has 0 spiro atoms. The summed E-state index contributed by atoms with van der Waals surface area (Å²) in [6.45, 7) is 2.45. The first kappa shape index (κ1) is 11.7. The van der Waals surface area contributed by atoms with Crippen LogP contribution in [-0.2, 0) is 0 Å². The van der Waals surface area contributed by atoms with Crippen LogP contribution in [0.5, 0.6) is 0 Å². The molecule has 3 aromatic rings. The molecule has 2 heterocycles. The Morgan fingerprint density at radius 2 is 2.00 bits per heavy atom. The molecule has 0 saturated carbocycles. The zero-order valence-corrected chi connectivity index (χ0v) is 10.4. The highest BCUT2D eigenvalue weighted by molar-refractivity contribution is 5.79. The minimum atomic E-state index is 0.0812. The predicted octanol–water partition coefficient (Wildman–Crippen LogP) is 1.74. The minimum absolute atomic E-state index is 0.0812. The van der Waals surface area contributed by atoms with Gasteiger partial charge < -0.3 is 10.3 Å². The second-order valence-electron chi connectivity index (χ2n) is 4.35. The molecule has 1 aromatic carbocycles. The van der Waals surface area contributed by atoms with Crippen molar-refractivity contribution in [2.45, 2.75) is 12.8 Å². The van der Waals surface area contributed by atoms with Crippen molar-refractivity contribution in [3.05, 3.63) is 36.4 Å². The summed E-state index contributed by atoms with van der Waals surface area (Å²) in [5.74, 6) is 1.18. The number of benzene rings is 1. The molecule has 19 heavy (non-hydrogen) atoms. The van der Waals surface area contributed by atoms with Crippen molar-refractivity contribution in [2.24, 2.45) is 5.73 Å². The van der Waals surface area contributed by atoms with Crippen LogP contribution in [0.1, 0.15) is 18.7 Å². The van der Waals surface area contributed by atoms with Crippen molar-refractivity contribution in [2.75, 3.05) is 6.54 Å². The number of hydrogen-bond donors (Lipinski definition) is 1. The van der Waals surface area contributed by atoms with Gasteiger partial charge in [-0.05, 0) is 18.2 Å². The van der Waals surface area contributed by atoms with E-state index < -0.39 is 0 Å². The first-order valence-electron chi connectivity index (χ1n) is 6.03. The van der Waals surface area contributed by atoms with Gasteiger partial charge >= 0.3 is 0 Å². The lowest BCUT2D eigenvalue weighted by molar-refractivity contribution is 0.418. The highest BCUT2D eigenvalue weighted by Gasteiger charge is 2.14. The van der Waals surface area contributed by atoms with Crippen molar-refractivity contribution in [3.63, 3.8) is 0 Å². The fourth-order valence-corrected chi connectivity index (χ4v) is 1.75. The fourth-order valence-electron chi connectivity index (χ4n) is 1.75. The molecule has 96 valence electrons. The number of nitrogens with zero attached hydrogens (tertiary/aromatic N) is 4. The van der Waals surface area contributed by atoms with E-state index in [0.717, 1.165) is 16.6 Å². The molecule has 0 aliphatic rings. The number of hydrogen-bond acceptors (Lipinski definition) is 6. The zero-order chi connectivity index (χ0) is 13.2. The maximum Gasteiger partial charge on any atom is 0.258 e. The van der Waals surface area contributed by atoms with Crippen LogP contribution < -0.4 is 5.73 Å². The van der Waals surface area contributed by atoms with Crippen molar-refractivity contribution in [3.8, 4) is 11.5 Å². The second-order valence-corrected chi connectivity index (χ2v) is 4.35. The van der Waals surface area contributed by atoms with Crippen molar-refractivity contribution in [1.82, 2.24) is 20.1 Å². The normalized spacial score (nSPS) is 12.7. The lowest BCUT2D eigenvalue weighted by atomic mass is 10.1. The first-order valence-corrected chi connectivity index (χ1v) is 6.03. The van der Waals surface area contributed by atoms with Crippen LogP contribution in [0.2, 0.25) is 0 Å². The summed E-state index contributed by atoms with van der Waals surface area (Å²) in [7, 11) is 0. The van der Waals surface area contributed by atoms with Crippen molar-refractivity contribution in [1.29, 1.82) is 0 Å². The Bertz CT molecular complexity index is 709. The van der Waals surface area contributed by atoms with Gasteiger partial charge in [0.15, 0.2) is 5.82 Å². The summed E-state index contributed by atoms with van der Waals surface area (Å²) >= 11 is 0. The van der Waals surface area contributed by atoms with Gasteiger partial charge in [-0.3, -0.25) is 9.97 Å². The largest absolute Gasteiger partial charge is 0.334 e. The maximum atomic E-state index is 5.59. The molecule has 6 nitrogen and oxygen atoms in total. The van der Waals surface area contributed by atoms with Crippen LogP contribution in [0.25, 0.3) is 22.5 Å². The SMILES string of the molecule is CC(CN)c1noc(-c2ccc3nccnc3c2)n1. The average molecular weight is 255 g/mol. The molecule has 1 atom stereocenters. The number of nitrogens with two attached hydrogens (primary N) is 1. The molecule has 0 aliphatic heterocycles. The van der Waals surface area contributed by atoms with E-state index in [1.807, 2.05) is 25.1 Å². The van der Waals surface area contributed by atoms with Crippen LogP contribution >= 0.6 is 0 Å². The van der Waals surface area contributed by atoms with Gasteiger partial charge in [0, 0.05) is 30.4 Å². The summed E-state index contributed by atoms with van der Waals surface area (Å²) in [4.78, 5) is 12.8. The predicted molar refractivity (Wildman–Crippen MR) is 70.3 cm³/mol. The van der Waals surface area contributed by atoms with Crippen molar-refractivity contribution < 1.29 is 4.52 Å². The van der Waals surface area contributed by atoms with Crippen LogP contribution in [0.4, 0.5) is 0 Å². The van der Waals surface area contributed by atoms with E-state index in [9.17, 15) is 0 Å². The van der Waals surface area contributed by atoms with Crippen LogP contribution in [0, 0.1) is 0 Å². The third-order valence-corrected chi connectivity index (χ3v) is 2.95. The molecule has 6 heteroatoms. The Labute approximate surface area is 109 Å². The van der Waals surface area contributed by atoms with E-state index in [1.165, 1.54) is 0 Å². The molecule has 0 amide bonds. The molecule has 1 unspecified atom stereocenters. The van der Waals surface area contributed by atoms with Gasteiger partial charge in [-0.25, -0.2) is 0 Å². The van der Waals surface area contributed by atoms with Crippen LogP contribution in [0.15, 0.2) is 35.1 Å². The Hall–Kier alpha value is -2.34. The van der Waals surface area contributed by atoms with Gasteiger partial charge in [0.25, 0.3) is 5.89 Å². The quantitative estimate of drug-likeness (QED) is 0.766. The highest BCUT2D eigenvalue weighted by atomic mass is 16.5. The third kappa shape index (κ3) is 2.17. The molecule has 3 rings (SSSR count). The fraction of sp³-hybridized carbons (Fsp3) is 0.231. The van der Waals surface area contributed by atoms with E-state index in [1.54, 1.807) is 12.4 Å². The lowest BCUT2D eigenvalue weighted by Crippen LogP contribution is -2.10. The van der Waals surface area contributed by atoms with E-state index >= 15 is 0 Å². The van der Waals surface area contributed by atoms with Gasteiger partial charge in [-0.15, -0.1) is 0 Å². The summed E-state index contributed by atoms with van der Waals surface area (Å²) in [6, 6.07) is 5.65. The standard InChI is InChI=1S/C13H13N5O/c1-8(7-14)12-17-13(19-18-12)9-2-3-10-11(6-9)16-5-4-15-10/h2-6,8H,7,14H2,1H3. The van der Waals surface area contributed by atoms with Crippen LogP contribution in [0.3, 0.4) is 0 Å². The molecular weight excluding hydrogens is 242 g/mol. The Balaban J connectivity index is 2.01. The van der Waals surface area contributed by atoms with Gasteiger partial charge in [0.05, 0.1) is 11.0 Å². The first-order chi connectivity index (χ1) is 9.28. The summed E-state index contributed by atoms with van der Waals surface area (Å²) in [5, 5.41) is 3.94. The molecule has 2 N–H and O–H groups in total. The Kier molecular flexibility index (Phi) is 2.92. The summed E-state index contributed by atoms with van der Waals surface area (Å²) in [5.41, 5.74) is 8.05. The van der Waals surface area contributed by atoms with E-state index in [2.05, 4.69) is 20.1 Å². The van der Waals surface area contributed by atoms with E-state index in [-0.39, 0.29) is 5.92 Å². The van der Waals surface area contributed by atoms with Crippen LogP contribution in [-0.4, -0.2) is 26.7 Å². The monoisotopic (exact) mass is 255 g/mol. The lowest BCUT2D eigenvalue weighted by Gasteiger charge is -1.99. The minimum Gasteiger partial charge on any atom is -0.334 e. The smallest absolute Gasteiger partial charge is 0.258 e. The second kappa shape index (κ2) is 4.74.